The molecule has 0 unspecified atom stereocenters. The van der Waals surface area contributed by atoms with Crippen LogP contribution in [0.2, 0.25) is 0 Å². The Morgan fingerprint density at radius 1 is 1.26 bits per heavy atom. The smallest absolute Gasteiger partial charge is 0.325 e. The van der Waals surface area contributed by atoms with Crippen molar-refractivity contribution in [2.75, 3.05) is 19.6 Å². The Labute approximate surface area is 136 Å². The number of imide groups is 1. The largest absolute Gasteiger partial charge is 0.387 e. The van der Waals surface area contributed by atoms with Gasteiger partial charge in [-0.05, 0) is 25.8 Å². The normalized spacial score (nSPS) is 26.3. The number of nitrogens with one attached hydrogen (secondary N) is 1. The molecule has 2 N–H and O–H groups in total. The summed E-state index contributed by atoms with van der Waals surface area (Å²) in [6, 6.07) is 9.02. The first-order valence-corrected chi connectivity index (χ1v) is 8.04. The van der Waals surface area contributed by atoms with Crippen molar-refractivity contribution in [3.8, 4) is 0 Å². The predicted molar refractivity (Wildman–Crippen MR) is 85.7 cm³/mol. The number of amides is 3. The van der Waals surface area contributed by atoms with E-state index in [1.54, 1.807) is 0 Å². The SMILES string of the molecule is CC(C)N1C(=O)N[C@@]2(CCN(C[C@H](O)c3ccccc3)C2)C1=O. The van der Waals surface area contributed by atoms with Gasteiger partial charge in [0.2, 0.25) is 0 Å². The minimum Gasteiger partial charge on any atom is -0.387 e. The average molecular weight is 317 g/mol. The number of hydrogen-bond acceptors (Lipinski definition) is 4. The number of aliphatic hydroxyl groups excluding tert-OH is 1. The topological polar surface area (TPSA) is 72.9 Å². The highest BCUT2D eigenvalue weighted by molar-refractivity contribution is 6.07. The number of carbonyl (C=O) groups is 2. The summed E-state index contributed by atoms with van der Waals surface area (Å²) in [6.07, 6.45) is -0.0118. The third-order valence-corrected chi connectivity index (χ3v) is 4.67. The van der Waals surface area contributed by atoms with Crippen LogP contribution in [-0.2, 0) is 4.79 Å². The van der Waals surface area contributed by atoms with E-state index in [9.17, 15) is 14.7 Å². The van der Waals surface area contributed by atoms with E-state index >= 15 is 0 Å². The van der Waals surface area contributed by atoms with Crippen LogP contribution >= 0.6 is 0 Å². The van der Waals surface area contributed by atoms with Crippen molar-refractivity contribution in [1.29, 1.82) is 0 Å². The second kappa shape index (κ2) is 5.94. The van der Waals surface area contributed by atoms with E-state index in [1.165, 1.54) is 4.90 Å². The quantitative estimate of drug-likeness (QED) is 0.817. The summed E-state index contributed by atoms with van der Waals surface area (Å²) in [5.41, 5.74) is 0.0386. The monoisotopic (exact) mass is 317 g/mol. The molecule has 0 bridgehead atoms. The van der Waals surface area contributed by atoms with Crippen LogP contribution in [0, 0.1) is 0 Å². The molecule has 6 nitrogen and oxygen atoms in total. The van der Waals surface area contributed by atoms with Crippen molar-refractivity contribution in [3.05, 3.63) is 35.9 Å². The van der Waals surface area contributed by atoms with Gasteiger partial charge in [-0.2, -0.15) is 0 Å². The molecule has 2 fully saturated rings. The van der Waals surface area contributed by atoms with Gasteiger partial charge in [-0.15, -0.1) is 0 Å². The number of hydrogen-bond donors (Lipinski definition) is 2. The second-order valence-corrected chi connectivity index (χ2v) is 6.69. The molecule has 2 aliphatic rings. The van der Waals surface area contributed by atoms with Gasteiger partial charge in [-0.3, -0.25) is 14.6 Å². The Balaban J connectivity index is 1.67. The number of β-amino-alcohol motifs (C(OH)–C–C–N with tert-alkyl or cyclic N) is 1. The molecule has 2 aliphatic heterocycles. The summed E-state index contributed by atoms with van der Waals surface area (Å²) in [5.74, 6) is -0.144. The predicted octanol–water partition coefficient (Wildman–Crippen LogP) is 1.12. The molecule has 3 amide bonds. The zero-order valence-corrected chi connectivity index (χ0v) is 13.5. The van der Waals surface area contributed by atoms with E-state index in [1.807, 2.05) is 49.1 Å². The second-order valence-electron chi connectivity index (χ2n) is 6.69. The van der Waals surface area contributed by atoms with Crippen molar-refractivity contribution in [2.45, 2.75) is 38.0 Å². The molecule has 0 aromatic heterocycles. The van der Waals surface area contributed by atoms with Gasteiger partial charge in [-0.25, -0.2) is 4.79 Å². The van der Waals surface area contributed by atoms with Crippen LogP contribution in [0.4, 0.5) is 4.79 Å². The number of likely N-dealkylation sites (tertiary alicyclic amines) is 1. The Morgan fingerprint density at radius 3 is 2.57 bits per heavy atom. The molecule has 1 aromatic carbocycles. The lowest BCUT2D eigenvalue weighted by atomic mass is 9.98. The van der Waals surface area contributed by atoms with E-state index in [4.69, 9.17) is 0 Å². The van der Waals surface area contributed by atoms with Crippen molar-refractivity contribution in [1.82, 2.24) is 15.1 Å². The maximum absolute atomic E-state index is 12.6. The molecule has 23 heavy (non-hydrogen) atoms. The van der Waals surface area contributed by atoms with Gasteiger partial charge in [0.15, 0.2) is 0 Å². The standard InChI is InChI=1S/C17H23N3O3/c1-12(2)20-15(22)17(18-16(20)23)8-9-19(11-17)10-14(21)13-6-4-3-5-7-13/h3-7,12,14,21H,8-11H2,1-2H3,(H,18,23)/t14-,17+/m0/s1. The van der Waals surface area contributed by atoms with Gasteiger partial charge < -0.3 is 10.4 Å². The molecule has 0 aliphatic carbocycles. The number of aliphatic hydroxyl groups is 1. The van der Waals surface area contributed by atoms with Crippen LogP contribution < -0.4 is 5.32 Å². The fourth-order valence-electron chi connectivity index (χ4n) is 3.46. The van der Waals surface area contributed by atoms with Crippen molar-refractivity contribution >= 4 is 11.9 Å². The first-order chi connectivity index (χ1) is 10.9. The molecular weight excluding hydrogens is 294 g/mol. The van der Waals surface area contributed by atoms with Gasteiger partial charge in [-0.1, -0.05) is 30.3 Å². The molecule has 1 aromatic rings. The van der Waals surface area contributed by atoms with E-state index in [0.717, 1.165) is 5.56 Å². The van der Waals surface area contributed by atoms with Gasteiger partial charge in [0.25, 0.3) is 5.91 Å². The molecule has 1 spiro atoms. The fourth-order valence-corrected chi connectivity index (χ4v) is 3.46. The van der Waals surface area contributed by atoms with Crippen LogP contribution in [0.3, 0.4) is 0 Å². The van der Waals surface area contributed by atoms with Crippen LogP contribution in [-0.4, -0.2) is 58.1 Å². The molecular formula is C17H23N3O3. The van der Waals surface area contributed by atoms with Crippen LogP contribution in [0.1, 0.15) is 31.9 Å². The minimum atomic E-state index is -0.822. The summed E-state index contributed by atoms with van der Waals surface area (Å²) in [7, 11) is 0. The lowest BCUT2D eigenvalue weighted by Crippen LogP contribution is -2.50. The van der Waals surface area contributed by atoms with Crippen LogP contribution in [0.5, 0.6) is 0 Å². The summed E-state index contributed by atoms with van der Waals surface area (Å²) < 4.78 is 0. The molecule has 124 valence electrons. The highest BCUT2D eigenvalue weighted by Gasteiger charge is 2.55. The van der Waals surface area contributed by atoms with E-state index in [-0.39, 0.29) is 18.0 Å². The van der Waals surface area contributed by atoms with Gasteiger partial charge in [0, 0.05) is 25.7 Å². The van der Waals surface area contributed by atoms with Crippen molar-refractivity contribution < 1.29 is 14.7 Å². The van der Waals surface area contributed by atoms with E-state index < -0.39 is 11.6 Å². The number of nitrogens with zero attached hydrogens (tertiary/aromatic N) is 2. The van der Waals surface area contributed by atoms with Crippen LogP contribution in [0.15, 0.2) is 30.3 Å². The fraction of sp³-hybridized carbons (Fsp3) is 0.529. The lowest BCUT2D eigenvalue weighted by molar-refractivity contribution is -0.132. The maximum Gasteiger partial charge on any atom is 0.325 e. The molecule has 2 heterocycles. The third kappa shape index (κ3) is 2.84. The summed E-state index contributed by atoms with van der Waals surface area (Å²) >= 11 is 0. The number of urea groups is 1. The first kappa shape index (κ1) is 16.0. The molecule has 0 saturated carbocycles. The Morgan fingerprint density at radius 2 is 1.96 bits per heavy atom. The highest BCUT2D eigenvalue weighted by Crippen LogP contribution is 2.30. The third-order valence-electron chi connectivity index (χ3n) is 4.67. The van der Waals surface area contributed by atoms with E-state index in [2.05, 4.69) is 5.32 Å². The molecule has 0 radical (unpaired) electrons. The average Bonchev–Trinajstić information content (AvgIpc) is 3.02. The summed E-state index contributed by atoms with van der Waals surface area (Å²) in [4.78, 5) is 28.0. The highest BCUT2D eigenvalue weighted by atomic mass is 16.3. The minimum absolute atomic E-state index is 0.144. The number of carbonyl (C=O) groups excluding carboxylic acids is 2. The molecule has 6 heteroatoms. The molecule has 3 rings (SSSR count). The molecule has 2 atom stereocenters. The van der Waals surface area contributed by atoms with Crippen LogP contribution in [0.25, 0.3) is 0 Å². The van der Waals surface area contributed by atoms with Gasteiger partial charge >= 0.3 is 6.03 Å². The van der Waals surface area contributed by atoms with Crippen molar-refractivity contribution in [3.63, 3.8) is 0 Å². The Bertz CT molecular complexity index is 604. The lowest BCUT2D eigenvalue weighted by Gasteiger charge is -2.24. The summed E-state index contributed by atoms with van der Waals surface area (Å²) in [6.45, 7) is 5.26. The van der Waals surface area contributed by atoms with E-state index in [0.29, 0.717) is 26.1 Å². The summed E-state index contributed by atoms with van der Waals surface area (Å²) in [5, 5.41) is 13.2. The zero-order valence-electron chi connectivity index (χ0n) is 13.5. The molecule has 2 saturated heterocycles. The van der Waals surface area contributed by atoms with Gasteiger partial charge in [0.1, 0.15) is 5.54 Å². The first-order valence-electron chi connectivity index (χ1n) is 8.04. The Hall–Kier alpha value is -1.92. The zero-order chi connectivity index (χ0) is 16.6. The Kier molecular flexibility index (Phi) is 4.12. The number of rotatable bonds is 4. The van der Waals surface area contributed by atoms with Gasteiger partial charge in [0.05, 0.1) is 6.10 Å². The van der Waals surface area contributed by atoms with Crippen molar-refractivity contribution in [2.24, 2.45) is 0 Å². The maximum atomic E-state index is 12.6. The number of benzene rings is 1.